The van der Waals surface area contributed by atoms with Crippen molar-refractivity contribution in [2.75, 3.05) is 17.2 Å². The lowest BCUT2D eigenvalue weighted by atomic mass is 10.2. The molecule has 1 fully saturated rings. The van der Waals surface area contributed by atoms with E-state index in [1.807, 2.05) is 42.6 Å². The lowest BCUT2D eigenvalue weighted by Gasteiger charge is -2.10. The average molecular weight is 587 g/mol. The summed E-state index contributed by atoms with van der Waals surface area (Å²) < 4.78 is 33.6. The summed E-state index contributed by atoms with van der Waals surface area (Å²) in [6.45, 7) is 4.40. The normalized spacial score (nSPS) is 13.5. The number of hydrogen-bond acceptors (Lipinski definition) is 9. The number of carbonyl (C=O) groups is 1. The Hall–Kier alpha value is -4.62. The Labute approximate surface area is 242 Å². The first-order valence-corrected chi connectivity index (χ1v) is 15.1. The minimum Gasteiger partial charge on any atom is -0.367 e. The second-order valence-corrected chi connectivity index (χ2v) is 12.5. The Morgan fingerprint density at radius 1 is 1.07 bits per heavy atom. The molecule has 1 aliphatic rings. The van der Waals surface area contributed by atoms with Crippen molar-refractivity contribution >= 4 is 44.2 Å². The monoisotopic (exact) mass is 586 g/mol. The highest BCUT2D eigenvalue weighted by molar-refractivity contribution is 7.90. The molecule has 1 saturated carbocycles. The number of nitrogens with zero attached hydrogens (tertiary/aromatic N) is 6. The number of pyridine rings is 1. The molecule has 0 aliphatic heterocycles. The molecule has 1 aromatic carbocycles. The van der Waals surface area contributed by atoms with Gasteiger partial charge in [0.05, 0.1) is 41.0 Å². The van der Waals surface area contributed by atoms with E-state index in [0.29, 0.717) is 48.2 Å². The van der Waals surface area contributed by atoms with E-state index in [9.17, 15) is 13.2 Å². The summed E-state index contributed by atoms with van der Waals surface area (Å²) in [7, 11) is -3.48. The molecule has 4 heterocycles. The quantitative estimate of drug-likeness (QED) is 0.228. The first-order chi connectivity index (χ1) is 20.3. The fraction of sp³-hybridized carbons (Fsp3) is 0.276. The van der Waals surface area contributed by atoms with E-state index in [1.165, 1.54) is 12.4 Å². The lowest BCUT2D eigenvalue weighted by molar-refractivity contribution is -0.121. The SMILES string of the molecule is CC(C)n1cc(NC(=O)COCc2ccccc2)c2cnc(Nc3ccnc(-c4cnn(S(=O)(=O)C5CC5)c4)n3)cc21. The van der Waals surface area contributed by atoms with Crippen LogP contribution in [0.3, 0.4) is 0 Å². The molecule has 0 atom stereocenters. The maximum Gasteiger partial charge on any atom is 0.256 e. The molecule has 0 saturated heterocycles. The zero-order valence-electron chi connectivity index (χ0n) is 23.1. The van der Waals surface area contributed by atoms with E-state index >= 15 is 0 Å². The van der Waals surface area contributed by atoms with Crippen molar-refractivity contribution in [1.82, 2.24) is 28.7 Å². The van der Waals surface area contributed by atoms with Gasteiger partial charge in [0.25, 0.3) is 10.0 Å². The maximum absolute atomic E-state index is 12.6. The lowest BCUT2D eigenvalue weighted by Crippen LogP contribution is -2.18. The summed E-state index contributed by atoms with van der Waals surface area (Å²) in [6.07, 6.45) is 9.37. The molecule has 42 heavy (non-hydrogen) atoms. The van der Waals surface area contributed by atoms with Gasteiger partial charge in [-0.25, -0.2) is 23.4 Å². The fourth-order valence-corrected chi connectivity index (χ4v) is 6.01. The molecule has 12 nitrogen and oxygen atoms in total. The van der Waals surface area contributed by atoms with Crippen molar-refractivity contribution in [1.29, 1.82) is 0 Å². The van der Waals surface area contributed by atoms with Gasteiger partial charge in [0, 0.05) is 36.1 Å². The minimum atomic E-state index is -3.48. The molecule has 0 unspecified atom stereocenters. The van der Waals surface area contributed by atoms with Gasteiger partial charge < -0.3 is 19.9 Å². The number of nitrogens with one attached hydrogen (secondary N) is 2. The first kappa shape index (κ1) is 27.5. The van der Waals surface area contributed by atoms with Crippen molar-refractivity contribution in [3.8, 4) is 11.4 Å². The molecule has 0 radical (unpaired) electrons. The van der Waals surface area contributed by atoms with E-state index in [4.69, 9.17) is 4.74 Å². The standard InChI is InChI=1S/C29H30N8O4S/c1-19(2)36-16-24(33-28(38)18-41-17-20-6-4-3-5-7-20)23-14-31-27(12-25(23)36)34-26-10-11-30-29(35-26)21-13-32-37(15-21)42(39,40)22-8-9-22/h3-7,10-16,19,22H,8-9,17-18H2,1-2H3,(H,33,38)(H,30,31,34,35). The van der Waals surface area contributed by atoms with Gasteiger partial charge in [-0.05, 0) is 38.3 Å². The number of anilines is 3. The number of rotatable bonds is 11. The molecule has 6 rings (SSSR count). The number of ether oxygens (including phenoxy) is 1. The Bertz CT molecular complexity index is 1850. The van der Waals surface area contributed by atoms with Gasteiger partial charge in [0.15, 0.2) is 5.82 Å². The van der Waals surface area contributed by atoms with E-state index in [-0.39, 0.29) is 23.8 Å². The molecule has 216 valence electrons. The predicted molar refractivity (Wildman–Crippen MR) is 159 cm³/mol. The smallest absolute Gasteiger partial charge is 0.256 e. The molecule has 1 amide bonds. The van der Waals surface area contributed by atoms with Gasteiger partial charge in [-0.3, -0.25) is 4.79 Å². The van der Waals surface area contributed by atoms with Crippen LogP contribution in [0.1, 0.15) is 38.3 Å². The fourth-order valence-electron chi connectivity index (χ4n) is 4.54. The van der Waals surface area contributed by atoms with Crippen molar-refractivity contribution in [3.63, 3.8) is 0 Å². The second-order valence-electron chi connectivity index (χ2n) is 10.4. The Morgan fingerprint density at radius 2 is 1.88 bits per heavy atom. The average Bonchev–Trinajstić information content (AvgIpc) is 3.62. The van der Waals surface area contributed by atoms with Gasteiger partial charge in [-0.1, -0.05) is 30.3 Å². The molecule has 4 aromatic heterocycles. The summed E-state index contributed by atoms with van der Waals surface area (Å²) in [6, 6.07) is 13.4. The van der Waals surface area contributed by atoms with Crippen LogP contribution < -0.4 is 10.6 Å². The van der Waals surface area contributed by atoms with Crippen molar-refractivity contribution < 1.29 is 17.9 Å². The van der Waals surface area contributed by atoms with Gasteiger partial charge >= 0.3 is 0 Å². The Kier molecular flexibility index (Phi) is 7.43. The molecule has 1 aliphatic carbocycles. The molecule has 0 spiro atoms. The number of amides is 1. The maximum atomic E-state index is 12.6. The number of fused-ring (bicyclic) bond motifs is 1. The van der Waals surface area contributed by atoms with Crippen LogP contribution in [0.4, 0.5) is 17.3 Å². The van der Waals surface area contributed by atoms with Gasteiger partial charge in [0.2, 0.25) is 5.91 Å². The summed E-state index contributed by atoms with van der Waals surface area (Å²) >= 11 is 0. The predicted octanol–water partition coefficient (Wildman–Crippen LogP) is 4.51. The van der Waals surface area contributed by atoms with Crippen LogP contribution in [-0.4, -0.2) is 54.9 Å². The number of carbonyl (C=O) groups excluding carboxylic acids is 1. The van der Waals surface area contributed by atoms with E-state index in [0.717, 1.165) is 20.6 Å². The Morgan fingerprint density at radius 3 is 2.64 bits per heavy atom. The third kappa shape index (κ3) is 5.87. The number of hydrogen-bond donors (Lipinski definition) is 2. The van der Waals surface area contributed by atoms with Gasteiger partial charge in [0.1, 0.15) is 18.2 Å². The topological polar surface area (TPSA) is 146 Å². The van der Waals surface area contributed by atoms with Crippen LogP contribution in [0.15, 0.2) is 73.4 Å². The van der Waals surface area contributed by atoms with Crippen LogP contribution in [0.25, 0.3) is 22.3 Å². The van der Waals surface area contributed by atoms with Crippen LogP contribution in [0, 0.1) is 0 Å². The summed E-state index contributed by atoms with van der Waals surface area (Å²) in [5.41, 5.74) is 3.02. The molecule has 2 N–H and O–H groups in total. The van der Waals surface area contributed by atoms with Gasteiger partial charge in [-0.2, -0.15) is 9.19 Å². The van der Waals surface area contributed by atoms with E-state index in [2.05, 4.69) is 49.1 Å². The van der Waals surface area contributed by atoms with Crippen LogP contribution in [0.2, 0.25) is 0 Å². The zero-order valence-corrected chi connectivity index (χ0v) is 24.0. The largest absolute Gasteiger partial charge is 0.367 e. The second kappa shape index (κ2) is 11.3. The highest BCUT2D eigenvalue weighted by Gasteiger charge is 2.37. The third-order valence-corrected chi connectivity index (χ3v) is 8.87. The minimum absolute atomic E-state index is 0.0717. The van der Waals surface area contributed by atoms with Crippen molar-refractivity contribution in [2.24, 2.45) is 0 Å². The summed E-state index contributed by atoms with van der Waals surface area (Å²) in [4.78, 5) is 26.0. The molecular weight excluding hydrogens is 556 g/mol. The van der Waals surface area contributed by atoms with Gasteiger partial charge in [-0.15, -0.1) is 0 Å². The number of aromatic nitrogens is 6. The highest BCUT2D eigenvalue weighted by Crippen LogP contribution is 2.32. The number of benzene rings is 1. The van der Waals surface area contributed by atoms with Crippen molar-refractivity contribution in [2.45, 2.75) is 44.6 Å². The third-order valence-electron chi connectivity index (χ3n) is 6.83. The molecular formula is C29H30N8O4S. The van der Waals surface area contributed by atoms with Crippen LogP contribution >= 0.6 is 0 Å². The zero-order chi connectivity index (χ0) is 29.3. The van der Waals surface area contributed by atoms with Crippen LogP contribution in [-0.2, 0) is 26.2 Å². The van der Waals surface area contributed by atoms with E-state index in [1.54, 1.807) is 18.5 Å². The highest BCUT2D eigenvalue weighted by atomic mass is 32.2. The summed E-state index contributed by atoms with van der Waals surface area (Å²) in [5, 5.41) is 10.6. The molecule has 13 heteroatoms. The molecule has 0 bridgehead atoms. The van der Waals surface area contributed by atoms with Crippen LogP contribution in [0.5, 0.6) is 0 Å². The summed E-state index contributed by atoms with van der Waals surface area (Å²) in [5.74, 6) is 1.11. The first-order valence-electron chi connectivity index (χ1n) is 13.6. The Balaban J connectivity index is 1.17. The molecule has 5 aromatic rings. The van der Waals surface area contributed by atoms with Crippen molar-refractivity contribution in [3.05, 3.63) is 79.0 Å². The van der Waals surface area contributed by atoms with E-state index < -0.39 is 10.0 Å².